The van der Waals surface area contributed by atoms with E-state index in [0.717, 1.165) is 31.8 Å². The number of rotatable bonds is 4. The zero-order chi connectivity index (χ0) is 13.5. The Balaban J connectivity index is 0.00000200. The first kappa shape index (κ1) is 17.8. The zero-order valence-corrected chi connectivity index (χ0v) is 13.7. The standard InChI is InChI=1S/C16H30N2O.ClH/c1-18(15-7-5-3-2-4-6-8-15)16(19)10-9-14-11-12-17-13-14;/h14-15,17H,2-13H2,1H3;1H. The van der Waals surface area contributed by atoms with Crippen molar-refractivity contribution in [3.8, 4) is 0 Å². The van der Waals surface area contributed by atoms with Crippen LogP contribution in [0.3, 0.4) is 0 Å². The lowest BCUT2D eigenvalue weighted by atomic mass is 9.95. The molecule has 20 heavy (non-hydrogen) atoms. The van der Waals surface area contributed by atoms with Crippen LogP contribution in [0.1, 0.15) is 64.2 Å². The third-order valence-electron chi connectivity index (χ3n) is 4.94. The molecule has 1 amide bonds. The van der Waals surface area contributed by atoms with Gasteiger partial charge in [0.15, 0.2) is 0 Å². The first-order chi connectivity index (χ1) is 9.27. The molecule has 1 unspecified atom stereocenters. The first-order valence-corrected chi connectivity index (χ1v) is 8.24. The van der Waals surface area contributed by atoms with E-state index in [1.165, 1.54) is 51.4 Å². The summed E-state index contributed by atoms with van der Waals surface area (Å²) in [6, 6.07) is 0.509. The average Bonchev–Trinajstić information content (AvgIpc) is 2.88. The predicted octanol–water partition coefficient (Wildman–Crippen LogP) is 3.37. The first-order valence-electron chi connectivity index (χ1n) is 8.24. The van der Waals surface area contributed by atoms with Crippen LogP contribution in [0.4, 0.5) is 0 Å². The summed E-state index contributed by atoms with van der Waals surface area (Å²) >= 11 is 0. The van der Waals surface area contributed by atoms with Crippen molar-refractivity contribution in [2.75, 3.05) is 20.1 Å². The highest BCUT2D eigenvalue weighted by molar-refractivity contribution is 5.85. The summed E-state index contributed by atoms with van der Waals surface area (Å²) in [6.07, 6.45) is 12.2. The molecule has 0 aromatic heterocycles. The van der Waals surface area contributed by atoms with Crippen molar-refractivity contribution in [3.63, 3.8) is 0 Å². The lowest BCUT2D eigenvalue weighted by Crippen LogP contribution is -2.37. The van der Waals surface area contributed by atoms with Crippen molar-refractivity contribution < 1.29 is 4.79 Å². The minimum Gasteiger partial charge on any atom is -0.343 e. The number of halogens is 1. The van der Waals surface area contributed by atoms with E-state index < -0.39 is 0 Å². The van der Waals surface area contributed by atoms with E-state index >= 15 is 0 Å². The van der Waals surface area contributed by atoms with Gasteiger partial charge in [0, 0.05) is 19.5 Å². The smallest absolute Gasteiger partial charge is 0.222 e. The lowest BCUT2D eigenvalue weighted by molar-refractivity contribution is -0.132. The van der Waals surface area contributed by atoms with Crippen LogP contribution in [0.25, 0.3) is 0 Å². The van der Waals surface area contributed by atoms with Gasteiger partial charge in [0.2, 0.25) is 5.91 Å². The average molecular weight is 303 g/mol. The van der Waals surface area contributed by atoms with Gasteiger partial charge in [0.1, 0.15) is 0 Å². The van der Waals surface area contributed by atoms with Gasteiger partial charge < -0.3 is 10.2 Å². The predicted molar refractivity (Wildman–Crippen MR) is 86.3 cm³/mol. The van der Waals surface area contributed by atoms with Crippen molar-refractivity contribution in [2.24, 2.45) is 5.92 Å². The molecule has 0 bridgehead atoms. The summed E-state index contributed by atoms with van der Waals surface area (Å²) in [6.45, 7) is 2.25. The summed E-state index contributed by atoms with van der Waals surface area (Å²) in [5.74, 6) is 1.10. The second kappa shape index (κ2) is 9.62. The summed E-state index contributed by atoms with van der Waals surface area (Å²) in [5.41, 5.74) is 0. The third kappa shape index (κ3) is 5.61. The molecule has 1 N–H and O–H groups in total. The van der Waals surface area contributed by atoms with Crippen molar-refractivity contribution in [2.45, 2.75) is 70.3 Å². The van der Waals surface area contributed by atoms with Crippen molar-refractivity contribution in [1.29, 1.82) is 0 Å². The second-order valence-corrected chi connectivity index (χ2v) is 6.40. The maximum absolute atomic E-state index is 12.3. The van der Waals surface area contributed by atoms with Gasteiger partial charge in [-0.15, -0.1) is 12.4 Å². The molecule has 2 rings (SSSR count). The topological polar surface area (TPSA) is 32.3 Å². The lowest BCUT2D eigenvalue weighted by Gasteiger charge is -2.30. The molecule has 1 aliphatic heterocycles. The van der Waals surface area contributed by atoms with Crippen LogP contribution in [0.5, 0.6) is 0 Å². The van der Waals surface area contributed by atoms with E-state index in [1.54, 1.807) is 0 Å². The fraction of sp³-hybridized carbons (Fsp3) is 0.938. The van der Waals surface area contributed by atoms with E-state index in [4.69, 9.17) is 0 Å². The highest BCUT2D eigenvalue weighted by atomic mass is 35.5. The number of hydrogen-bond acceptors (Lipinski definition) is 2. The summed E-state index contributed by atoms with van der Waals surface area (Å²) < 4.78 is 0. The Morgan fingerprint density at radius 3 is 2.35 bits per heavy atom. The Morgan fingerprint density at radius 2 is 1.75 bits per heavy atom. The van der Waals surface area contributed by atoms with Crippen LogP contribution in [0.15, 0.2) is 0 Å². The zero-order valence-electron chi connectivity index (χ0n) is 12.9. The number of carbonyl (C=O) groups excluding carboxylic acids is 1. The van der Waals surface area contributed by atoms with Gasteiger partial charge in [-0.1, -0.05) is 32.1 Å². The molecule has 2 fully saturated rings. The molecule has 1 saturated carbocycles. The molecule has 3 nitrogen and oxygen atoms in total. The molecule has 1 saturated heterocycles. The third-order valence-corrected chi connectivity index (χ3v) is 4.94. The molecule has 0 spiro atoms. The largest absolute Gasteiger partial charge is 0.343 e. The van der Waals surface area contributed by atoms with E-state index in [2.05, 4.69) is 10.2 Å². The fourth-order valence-corrected chi connectivity index (χ4v) is 3.49. The number of hydrogen-bond donors (Lipinski definition) is 1. The molecular formula is C16H31ClN2O. The van der Waals surface area contributed by atoms with Crippen molar-refractivity contribution in [3.05, 3.63) is 0 Å². The molecule has 4 heteroatoms. The minimum absolute atomic E-state index is 0. The molecular weight excluding hydrogens is 272 g/mol. The molecule has 0 aromatic carbocycles. The number of carbonyl (C=O) groups is 1. The van der Waals surface area contributed by atoms with E-state index in [-0.39, 0.29) is 12.4 Å². The summed E-state index contributed by atoms with van der Waals surface area (Å²) in [4.78, 5) is 14.4. The second-order valence-electron chi connectivity index (χ2n) is 6.40. The molecule has 0 aromatic rings. The quantitative estimate of drug-likeness (QED) is 0.863. The van der Waals surface area contributed by atoms with Crippen LogP contribution in [-0.4, -0.2) is 37.0 Å². The Kier molecular flexibility index (Phi) is 8.55. The van der Waals surface area contributed by atoms with Gasteiger partial charge in [-0.3, -0.25) is 4.79 Å². The van der Waals surface area contributed by atoms with Crippen LogP contribution in [0.2, 0.25) is 0 Å². The van der Waals surface area contributed by atoms with Crippen molar-refractivity contribution in [1.82, 2.24) is 10.2 Å². The molecule has 118 valence electrons. The molecule has 1 heterocycles. The fourth-order valence-electron chi connectivity index (χ4n) is 3.49. The summed E-state index contributed by atoms with van der Waals surface area (Å²) in [5, 5.41) is 3.38. The highest BCUT2D eigenvalue weighted by Crippen LogP contribution is 2.22. The van der Waals surface area contributed by atoms with E-state index in [1.807, 2.05) is 7.05 Å². The van der Waals surface area contributed by atoms with Gasteiger partial charge in [0.05, 0.1) is 0 Å². The Bertz CT molecular complexity index is 272. The van der Waals surface area contributed by atoms with E-state index in [9.17, 15) is 4.79 Å². The van der Waals surface area contributed by atoms with Gasteiger partial charge in [0.25, 0.3) is 0 Å². The monoisotopic (exact) mass is 302 g/mol. The van der Waals surface area contributed by atoms with Crippen LogP contribution < -0.4 is 5.32 Å². The Labute approximate surface area is 130 Å². The molecule has 2 aliphatic rings. The number of nitrogens with one attached hydrogen (secondary N) is 1. The molecule has 0 radical (unpaired) electrons. The van der Waals surface area contributed by atoms with Crippen LogP contribution >= 0.6 is 12.4 Å². The van der Waals surface area contributed by atoms with Crippen LogP contribution in [0, 0.1) is 5.92 Å². The number of nitrogens with zero attached hydrogens (tertiary/aromatic N) is 1. The van der Waals surface area contributed by atoms with Gasteiger partial charge >= 0.3 is 0 Å². The van der Waals surface area contributed by atoms with Crippen molar-refractivity contribution >= 4 is 18.3 Å². The van der Waals surface area contributed by atoms with E-state index in [0.29, 0.717) is 11.9 Å². The summed E-state index contributed by atoms with van der Waals surface area (Å²) in [7, 11) is 2.03. The van der Waals surface area contributed by atoms with Crippen LogP contribution in [-0.2, 0) is 4.79 Å². The van der Waals surface area contributed by atoms with Gasteiger partial charge in [-0.05, 0) is 44.7 Å². The highest BCUT2D eigenvalue weighted by Gasteiger charge is 2.22. The molecule has 1 aliphatic carbocycles. The minimum atomic E-state index is 0. The van der Waals surface area contributed by atoms with Gasteiger partial charge in [-0.2, -0.15) is 0 Å². The molecule has 1 atom stereocenters. The van der Waals surface area contributed by atoms with Gasteiger partial charge in [-0.25, -0.2) is 0 Å². The SMILES string of the molecule is CN(C(=O)CCC1CCNC1)C1CCCCCCC1.Cl. The maximum atomic E-state index is 12.3. The maximum Gasteiger partial charge on any atom is 0.222 e. The number of amides is 1. The Morgan fingerprint density at radius 1 is 1.10 bits per heavy atom. The normalized spacial score (nSPS) is 24.6. The Hall–Kier alpha value is -0.280.